The van der Waals surface area contributed by atoms with E-state index in [1.165, 1.54) is 0 Å². The van der Waals surface area contributed by atoms with Crippen molar-refractivity contribution in [1.29, 1.82) is 0 Å². The third-order valence-electron chi connectivity index (χ3n) is 2.95. The molecule has 0 aromatic carbocycles. The first-order chi connectivity index (χ1) is 8.59. The molecule has 1 fully saturated rings. The first-order valence-electron chi connectivity index (χ1n) is 6.15. The molecule has 1 aromatic rings. The molecule has 5 nitrogen and oxygen atoms in total. The minimum absolute atomic E-state index is 0.216. The van der Waals surface area contributed by atoms with Crippen LogP contribution in [0.15, 0.2) is 18.3 Å². The van der Waals surface area contributed by atoms with E-state index >= 15 is 0 Å². The van der Waals surface area contributed by atoms with E-state index in [4.69, 9.17) is 4.74 Å². The largest absolute Gasteiger partial charge is 0.478 e. The summed E-state index contributed by atoms with van der Waals surface area (Å²) in [6.07, 6.45) is 3.04. The lowest BCUT2D eigenvalue weighted by atomic mass is 10.1. The van der Waals surface area contributed by atoms with Crippen LogP contribution in [-0.4, -0.2) is 37.6 Å². The van der Waals surface area contributed by atoms with Gasteiger partial charge in [0, 0.05) is 12.1 Å². The number of sulfone groups is 1. The lowest BCUT2D eigenvalue weighted by molar-refractivity contribution is 0.327. The Morgan fingerprint density at radius 3 is 2.67 bits per heavy atom. The Bertz CT molecular complexity index is 471. The van der Waals surface area contributed by atoms with Crippen molar-refractivity contribution < 1.29 is 13.2 Å². The average molecular weight is 270 g/mol. The maximum atomic E-state index is 11.3. The van der Waals surface area contributed by atoms with E-state index in [2.05, 4.69) is 10.3 Å². The van der Waals surface area contributed by atoms with E-state index in [-0.39, 0.29) is 17.5 Å². The molecule has 6 heteroatoms. The number of nitrogens with zero attached hydrogens (tertiary/aromatic N) is 1. The lowest BCUT2D eigenvalue weighted by Gasteiger charge is -2.23. The number of ether oxygens (including phenoxy) is 1. The summed E-state index contributed by atoms with van der Waals surface area (Å²) in [5.74, 6) is 1.15. The average Bonchev–Trinajstić information content (AvgIpc) is 2.35. The molecule has 18 heavy (non-hydrogen) atoms. The van der Waals surface area contributed by atoms with Gasteiger partial charge in [0.1, 0.15) is 9.84 Å². The van der Waals surface area contributed by atoms with Gasteiger partial charge in [-0.3, -0.25) is 0 Å². The Balaban J connectivity index is 1.90. The first-order valence-corrected chi connectivity index (χ1v) is 7.97. The highest BCUT2D eigenvalue weighted by atomic mass is 32.2. The number of anilines is 1. The molecule has 0 amide bonds. The third-order valence-corrected chi connectivity index (χ3v) is 4.67. The third kappa shape index (κ3) is 3.60. The monoisotopic (exact) mass is 270 g/mol. The van der Waals surface area contributed by atoms with Crippen molar-refractivity contribution in [3.05, 3.63) is 18.3 Å². The van der Waals surface area contributed by atoms with Gasteiger partial charge in [-0.1, -0.05) is 0 Å². The summed E-state index contributed by atoms with van der Waals surface area (Å²) in [5, 5.41) is 3.31. The van der Waals surface area contributed by atoms with Crippen LogP contribution in [-0.2, 0) is 9.84 Å². The SMILES string of the molecule is CCOc1ccc(NC2CCS(=O)(=O)CC2)cn1. The van der Waals surface area contributed by atoms with Crippen LogP contribution in [0.1, 0.15) is 19.8 Å². The standard InChI is InChI=1S/C12H18N2O3S/c1-2-17-12-4-3-11(9-13-12)14-10-5-7-18(15,16)8-6-10/h3-4,9-10,14H,2,5-8H2,1H3. The number of nitrogens with one attached hydrogen (secondary N) is 1. The van der Waals surface area contributed by atoms with Gasteiger partial charge >= 0.3 is 0 Å². The van der Waals surface area contributed by atoms with Crippen molar-refractivity contribution in [2.24, 2.45) is 0 Å². The van der Waals surface area contributed by atoms with Crippen molar-refractivity contribution in [3.8, 4) is 5.88 Å². The normalized spacial score (nSPS) is 19.4. The quantitative estimate of drug-likeness (QED) is 0.897. The zero-order chi connectivity index (χ0) is 13.0. The molecule has 2 heterocycles. The van der Waals surface area contributed by atoms with E-state index in [1.807, 2.05) is 19.1 Å². The van der Waals surface area contributed by atoms with E-state index in [0.29, 0.717) is 25.3 Å². The van der Waals surface area contributed by atoms with E-state index < -0.39 is 9.84 Å². The number of hydrogen-bond acceptors (Lipinski definition) is 5. The summed E-state index contributed by atoms with van der Waals surface area (Å²) < 4.78 is 27.9. The van der Waals surface area contributed by atoms with Gasteiger partial charge in [0.05, 0.1) is 30.0 Å². The van der Waals surface area contributed by atoms with E-state index in [0.717, 1.165) is 5.69 Å². The molecule has 0 bridgehead atoms. The van der Waals surface area contributed by atoms with Crippen LogP contribution in [0.2, 0.25) is 0 Å². The number of aromatic nitrogens is 1. The van der Waals surface area contributed by atoms with Crippen LogP contribution >= 0.6 is 0 Å². The maximum absolute atomic E-state index is 11.3. The van der Waals surface area contributed by atoms with Gasteiger partial charge in [0.2, 0.25) is 5.88 Å². The van der Waals surface area contributed by atoms with Crippen LogP contribution in [0.5, 0.6) is 5.88 Å². The number of hydrogen-bond donors (Lipinski definition) is 1. The second-order valence-corrected chi connectivity index (χ2v) is 6.69. The van der Waals surface area contributed by atoms with Crippen molar-refractivity contribution in [1.82, 2.24) is 4.98 Å². The summed E-state index contributed by atoms with van der Waals surface area (Å²) in [4.78, 5) is 4.16. The number of rotatable bonds is 4. The predicted octanol–water partition coefficient (Wildman–Crippen LogP) is 1.47. The van der Waals surface area contributed by atoms with Crippen LogP contribution in [0.4, 0.5) is 5.69 Å². The highest BCUT2D eigenvalue weighted by Gasteiger charge is 2.23. The van der Waals surface area contributed by atoms with Crippen molar-refractivity contribution in [2.75, 3.05) is 23.4 Å². The van der Waals surface area contributed by atoms with Crippen molar-refractivity contribution >= 4 is 15.5 Å². The molecule has 0 saturated carbocycles. The van der Waals surface area contributed by atoms with Crippen molar-refractivity contribution in [2.45, 2.75) is 25.8 Å². The molecule has 1 aliphatic rings. The lowest BCUT2D eigenvalue weighted by Crippen LogP contribution is -2.32. The molecular weight excluding hydrogens is 252 g/mol. The Labute approximate surface area is 107 Å². The Kier molecular flexibility index (Phi) is 4.06. The zero-order valence-corrected chi connectivity index (χ0v) is 11.2. The molecular formula is C12H18N2O3S. The minimum Gasteiger partial charge on any atom is -0.478 e. The predicted molar refractivity (Wildman–Crippen MR) is 70.7 cm³/mol. The summed E-state index contributed by atoms with van der Waals surface area (Å²) in [5.41, 5.74) is 0.905. The highest BCUT2D eigenvalue weighted by Crippen LogP contribution is 2.18. The van der Waals surface area contributed by atoms with Gasteiger partial charge in [-0.15, -0.1) is 0 Å². The second-order valence-electron chi connectivity index (χ2n) is 4.39. The fourth-order valence-corrected chi connectivity index (χ4v) is 3.46. The van der Waals surface area contributed by atoms with Crippen molar-refractivity contribution in [3.63, 3.8) is 0 Å². The summed E-state index contributed by atoms with van der Waals surface area (Å²) in [6, 6.07) is 3.93. The molecule has 1 aliphatic heterocycles. The maximum Gasteiger partial charge on any atom is 0.213 e. The molecule has 2 rings (SSSR count). The van der Waals surface area contributed by atoms with Gasteiger partial charge in [-0.05, 0) is 25.8 Å². The molecule has 1 N–H and O–H groups in total. The molecule has 0 spiro atoms. The van der Waals surface area contributed by atoms with Gasteiger partial charge in [0.15, 0.2) is 0 Å². The summed E-state index contributed by atoms with van der Waals surface area (Å²) in [7, 11) is -2.80. The minimum atomic E-state index is -2.80. The van der Waals surface area contributed by atoms with Crippen LogP contribution in [0.25, 0.3) is 0 Å². The smallest absolute Gasteiger partial charge is 0.213 e. The fraction of sp³-hybridized carbons (Fsp3) is 0.583. The van der Waals surface area contributed by atoms with Crippen LogP contribution < -0.4 is 10.1 Å². The molecule has 1 saturated heterocycles. The second kappa shape index (κ2) is 5.56. The molecule has 0 aliphatic carbocycles. The molecule has 0 unspecified atom stereocenters. The van der Waals surface area contributed by atoms with Gasteiger partial charge in [-0.2, -0.15) is 0 Å². The zero-order valence-electron chi connectivity index (χ0n) is 10.4. The van der Waals surface area contributed by atoms with E-state index in [9.17, 15) is 8.42 Å². The first kappa shape index (κ1) is 13.1. The Hall–Kier alpha value is -1.30. The Morgan fingerprint density at radius 2 is 2.11 bits per heavy atom. The molecule has 0 atom stereocenters. The van der Waals surface area contributed by atoms with Gasteiger partial charge in [-0.25, -0.2) is 13.4 Å². The summed E-state index contributed by atoms with van der Waals surface area (Å²) >= 11 is 0. The highest BCUT2D eigenvalue weighted by molar-refractivity contribution is 7.91. The van der Waals surface area contributed by atoms with Crippen LogP contribution in [0.3, 0.4) is 0 Å². The van der Waals surface area contributed by atoms with Gasteiger partial charge in [0.25, 0.3) is 0 Å². The summed E-state index contributed by atoms with van der Waals surface area (Å²) in [6.45, 7) is 2.51. The number of pyridine rings is 1. The van der Waals surface area contributed by atoms with Crippen LogP contribution in [0, 0.1) is 0 Å². The molecule has 100 valence electrons. The van der Waals surface area contributed by atoms with E-state index in [1.54, 1.807) is 6.20 Å². The molecule has 1 aromatic heterocycles. The fourth-order valence-electron chi connectivity index (χ4n) is 1.97. The molecule has 0 radical (unpaired) electrons. The topological polar surface area (TPSA) is 68.3 Å². The van der Waals surface area contributed by atoms with Gasteiger partial charge < -0.3 is 10.1 Å². The Morgan fingerprint density at radius 1 is 1.39 bits per heavy atom.